The van der Waals surface area contributed by atoms with Gasteiger partial charge in [0.05, 0.1) is 6.20 Å². The smallest absolute Gasteiger partial charge is 0.229 e. The fourth-order valence-electron chi connectivity index (χ4n) is 2.50. The van der Waals surface area contributed by atoms with Crippen molar-refractivity contribution in [2.24, 2.45) is 16.7 Å². The Kier molecular flexibility index (Phi) is 2.49. The number of aromatic nitrogens is 1. The number of nitrogens with zero attached hydrogens (tertiary/aromatic N) is 1. The summed E-state index contributed by atoms with van der Waals surface area (Å²) in [5.74, 6) is -0.0778. The average molecular weight is 236 g/mol. The molecule has 1 N–H and O–H groups in total. The first-order chi connectivity index (χ1) is 7.76. The molecule has 0 aromatic carbocycles. The van der Waals surface area contributed by atoms with E-state index in [9.17, 15) is 9.18 Å². The van der Waals surface area contributed by atoms with E-state index in [1.165, 1.54) is 12.1 Å². The predicted octanol–water partition coefficient (Wildman–Crippen LogP) is 2.84. The molecule has 1 aliphatic carbocycles. The van der Waals surface area contributed by atoms with Gasteiger partial charge < -0.3 is 5.32 Å². The van der Waals surface area contributed by atoms with Gasteiger partial charge in [0, 0.05) is 5.92 Å². The first-order valence-corrected chi connectivity index (χ1v) is 5.69. The number of carbonyl (C=O) groups is 1. The highest BCUT2D eigenvalue weighted by Gasteiger charge is 2.68. The number of anilines is 1. The van der Waals surface area contributed by atoms with Crippen molar-refractivity contribution in [3.05, 3.63) is 24.1 Å². The van der Waals surface area contributed by atoms with E-state index in [2.05, 4.69) is 38.0 Å². The van der Waals surface area contributed by atoms with Crippen LogP contribution in [0.2, 0.25) is 0 Å². The summed E-state index contributed by atoms with van der Waals surface area (Å²) in [5.41, 5.74) is -0.00573. The van der Waals surface area contributed by atoms with E-state index in [1.807, 2.05) is 0 Å². The van der Waals surface area contributed by atoms with Gasteiger partial charge in [-0.2, -0.15) is 0 Å². The Balaban J connectivity index is 2.07. The van der Waals surface area contributed by atoms with Gasteiger partial charge in [-0.1, -0.05) is 27.7 Å². The van der Waals surface area contributed by atoms with Crippen molar-refractivity contribution in [3.63, 3.8) is 0 Å². The van der Waals surface area contributed by atoms with Crippen LogP contribution in [0.1, 0.15) is 27.7 Å². The zero-order valence-electron chi connectivity index (χ0n) is 10.5. The molecular weight excluding hydrogens is 219 g/mol. The highest BCUT2D eigenvalue weighted by Crippen LogP contribution is 2.68. The van der Waals surface area contributed by atoms with Crippen molar-refractivity contribution < 1.29 is 9.18 Å². The molecule has 17 heavy (non-hydrogen) atoms. The van der Waals surface area contributed by atoms with E-state index in [4.69, 9.17) is 0 Å². The molecule has 0 aliphatic heterocycles. The summed E-state index contributed by atoms with van der Waals surface area (Å²) in [7, 11) is 0. The van der Waals surface area contributed by atoms with E-state index in [1.54, 1.807) is 0 Å². The number of pyridine rings is 1. The van der Waals surface area contributed by atoms with E-state index >= 15 is 0 Å². The molecule has 1 amide bonds. The van der Waals surface area contributed by atoms with Crippen LogP contribution in [0.4, 0.5) is 10.2 Å². The van der Waals surface area contributed by atoms with Crippen molar-refractivity contribution in [3.8, 4) is 0 Å². The van der Waals surface area contributed by atoms with Gasteiger partial charge in [0.25, 0.3) is 0 Å². The summed E-state index contributed by atoms with van der Waals surface area (Å²) in [6.45, 7) is 8.31. The summed E-state index contributed by atoms with van der Waals surface area (Å²) < 4.78 is 12.7. The van der Waals surface area contributed by atoms with Crippen LogP contribution in [0.15, 0.2) is 18.3 Å². The highest BCUT2D eigenvalue weighted by molar-refractivity contribution is 5.95. The topological polar surface area (TPSA) is 42.0 Å². The third-order valence-corrected chi connectivity index (χ3v) is 4.26. The molecule has 1 aromatic heterocycles. The highest BCUT2D eigenvalue weighted by atomic mass is 19.1. The minimum Gasteiger partial charge on any atom is -0.310 e. The Morgan fingerprint density at radius 1 is 1.29 bits per heavy atom. The maximum atomic E-state index is 12.7. The van der Waals surface area contributed by atoms with Gasteiger partial charge in [-0.15, -0.1) is 0 Å². The molecule has 4 heteroatoms. The largest absolute Gasteiger partial charge is 0.310 e. The molecule has 0 spiro atoms. The van der Waals surface area contributed by atoms with Gasteiger partial charge in [-0.25, -0.2) is 9.37 Å². The lowest BCUT2D eigenvalue weighted by atomic mass is 10.0. The van der Waals surface area contributed by atoms with Gasteiger partial charge in [0.2, 0.25) is 5.91 Å². The molecule has 0 saturated heterocycles. The molecule has 0 bridgehead atoms. The van der Waals surface area contributed by atoms with Gasteiger partial charge in [-0.05, 0) is 23.0 Å². The normalized spacial score (nSPS) is 21.0. The minimum absolute atomic E-state index is 0.00286. The molecule has 1 fully saturated rings. The summed E-state index contributed by atoms with van der Waals surface area (Å²) in [6.07, 6.45) is 1.10. The Morgan fingerprint density at radius 3 is 2.29 bits per heavy atom. The molecule has 92 valence electrons. The third-order valence-electron chi connectivity index (χ3n) is 4.26. The molecule has 0 atom stereocenters. The van der Waals surface area contributed by atoms with Crippen LogP contribution in [0.5, 0.6) is 0 Å². The van der Waals surface area contributed by atoms with Crippen LogP contribution in [-0.2, 0) is 4.79 Å². The van der Waals surface area contributed by atoms with Crippen molar-refractivity contribution >= 4 is 11.7 Å². The van der Waals surface area contributed by atoms with Gasteiger partial charge in [0.15, 0.2) is 0 Å². The maximum absolute atomic E-state index is 12.7. The summed E-state index contributed by atoms with van der Waals surface area (Å²) in [5, 5.41) is 2.73. The van der Waals surface area contributed by atoms with Crippen LogP contribution in [0, 0.1) is 22.6 Å². The first kappa shape index (κ1) is 12.0. The lowest BCUT2D eigenvalue weighted by Crippen LogP contribution is -2.18. The lowest BCUT2D eigenvalue weighted by Gasteiger charge is -2.05. The van der Waals surface area contributed by atoms with Crippen LogP contribution in [-0.4, -0.2) is 10.9 Å². The number of amides is 1. The quantitative estimate of drug-likeness (QED) is 0.857. The van der Waals surface area contributed by atoms with Crippen LogP contribution >= 0.6 is 0 Å². The Labute approximate surface area is 100 Å². The molecule has 3 nitrogen and oxygen atoms in total. The standard InChI is InChI=1S/C13H17FN2O/c1-12(2)10(13(12,3)4)11(17)16-9-6-5-8(14)7-15-9/h5-7,10H,1-4H3,(H,15,16,17). The first-order valence-electron chi connectivity index (χ1n) is 5.69. The average Bonchev–Trinajstić information content (AvgIpc) is 2.61. The molecule has 1 aliphatic rings. The molecule has 1 aromatic rings. The Hall–Kier alpha value is -1.45. The molecular formula is C13H17FN2O. The Morgan fingerprint density at radius 2 is 1.88 bits per heavy atom. The van der Waals surface area contributed by atoms with Crippen molar-refractivity contribution in [1.29, 1.82) is 0 Å². The van der Waals surface area contributed by atoms with Gasteiger partial charge >= 0.3 is 0 Å². The molecule has 1 heterocycles. The number of nitrogens with one attached hydrogen (secondary N) is 1. The zero-order chi connectivity index (χ0) is 12.8. The second-order valence-electron chi connectivity index (χ2n) is 5.73. The molecule has 0 unspecified atom stereocenters. The third kappa shape index (κ3) is 1.81. The van der Waals surface area contributed by atoms with Gasteiger partial charge in [-0.3, -0.25) is 4.79 Å². The Bertz CT molecular complexity index is 437. The summed E-state index contributed by atoms with van der Waals surface area (Å²) in [4.78, 5) is 15.9. The van der Waals surface area contributed by atoms with Crippen molar-refractivity contribution in [2.45, 2.75) is 27.7 Å². The lowest BCUT2D eigenvalue weighted by molar-refractivity contribution is -0.118. The fraction of sp³-hybridized carbons (Fsp3) is 0.538. The van der Waals surface area contributed by atoms with E-state index in [0.717, 1.165) is 6.20 Å². The van der Waals surface area contributed by atoms with E-state index < -0.39 is 5.82 Å². The van der Waals surface area contributed by atoms with Crippen LogP contribution in [0.3, 0.4) is 0 Å². The van der Waals surface area contributed by atoms with E-state index in [0.29, 0.717) is 5.82 Å². The molecule has 0 radical (unpaired) electrons. The SMILES string of the molecule is CC1(C)C(C(=O)Nc2ccc(F)cn2)C1(C)C. The molecule has 2 rings (SSSR count). The zero-order valence-corrected chi connectivity index (χ0v) is 10.5. The second-order valence-corrected chi connectivity index (χ2v) is 5.73. The molecule has 1 saturated carbocycles. The maximum Gasteiger partial charge on any atom is 0.229 e. The van der Waals surface area contributed by atoms with Crippen LogP contribution < -0.4 is 5.32 Å². The second kappa shape index (κ2) is 3.52. The summed E-state index contributed by atoms with van der Waals surface area (Å²) in [6, 6.07) is 2.75. The number of carbonyl (C=O) groups excluding carboxylic acids is 1. The van der Waals surface area contributed by atoms with Crippen LogP contribution in [0.25, 0.3) is 0 Å². The number of rotatable bonds is 2. The van der Waals surface area contributed by atoms with Crippen molar-refractivity contribution in [1.82, 2.24) is 4.98 Å². The van der Waals surface area contributed by atoms with Gasteiger partial charge in [0.1, 0.15) is 11.6 Å². The minimum atomic E-state index is -0.407. The number of hydrogen-bond acceptors (Lipinski definition) is 2. The monoisotopic (exact) mass is 236 g/mol. The fourth-order valence-corrected chi connectivity index (χ4v) is 2.50. The van der Waals surface area contributed by atoms with Crippen molar-refractivity contribution in [2.75, 3.05) is 5.32 Å². The summed E-state index contributed by atoms with van der Waals surface area (Å²) >= 11 is 0. The number of halogens is 1. The predicted molar refractivity (Wildman–Crippen MR) is 63.9 cm³/mol. The van der Waals surface area contributed by atoms with E-state index in [-0.39, 0.29) is 22.7 Å². The number of hydrogen-bond donors (Lipinski definition) is 1.